The molecule has 0 heterocycles. The van der Waals surface area contributed by atoms with Gasteiger partial charge in [0.1, 0.15) is 5.75 Å². The molecule has 0 aliphatic rings. The van der Waals surface area contributed by atoms with Crippen LogP contribution in [-0.2, 0) is 6.54 Å². The van der Waals surface area contributed by atoms with Crippen molar-refractivity contribution < 1.29 is 4.74 Å². The molecular weight excluding hydrogens is 354 g/mol. The van der Waals surface area contributed by atoms with Crippen molar-refractivity contribution >= 4 is 0 Å². The van der Waals surface area contributed by atoms with E-state index in [1.54, 1.807) is 7.11 Å². The third-order valence-electron chi connectivity index (χ3n) is 5.43. The minimum atomic E-state index is 0.836. The Hall–Kier alpha value is -1.02. The first-order chi connectivity index (χ1) is 14.1. The fourth-order valence-electron chi connectivity index (χ4n) is 3.71. The smallest absolute Gasteiger partial charge is 0.118 e. The molecule has 0 spiro atoms. The van der Waals surface area contributed by atoms with Crippen molar-refractivity contribution in [2.45, 2.75) is 112 Å². The van der Waals surface area contributed by atoms with E-state index in [4.69, 9.17) is 4.74 Å². The molecule has 1 aromatic rings. The van der Waals surface area contributed by atoms with E-state index in [1.807, 2.05) is 0 Å². The second-order valence-corrected chi connectivity index (χ2v) is 8.47. The zero-order valence-corrected chi connectivity index (χ0v) is 20.6. The van der Waals surface area contributed by atoms with Crippen LogP contribution in [0.25, 0.3) is 0 Å². The van der Waals surface area contributed by atoms with Crippen molar-refractivity contribution in [3.63, 3.8) is 0 Å². The van der Waals surface area contributed by atoms with Gasteiger partial charge in [-0.25, -0.2) is 0 Å². The van der Waals surface area contributed by atoms with Gasteiger partial charge in [-0.05, 0) is 43.0 Å². The second kappa shape index (κ2) is 20.3. The highest BCUT2D eigenvalue weighted by Crippen LogP contribution is 2.18. The minimum Gasteiger partial charge on any atom is -0.497 e. The number of ether oxygens (including phenoxy) is 1. The number of nitrogens with zero attached hydrogens (tertiary/aromatic N) is 1. The fourth-order valence-corrected chi connectivity index (χ4v) is 3.71. The first-order valence-corrected chi connectivity index (χ1v) is 12.5. The number of methoxy groups -OCH3 is 1. The van der Waals surface area contributed by atoms with E-state index in [0.29, 0.717) is 0 Å². The van der Waals surface area contributed by atoms with Crippen molar-refractivity contribution in [3.05, 3.63) is 29.8 Å². The highest BCUT2D eigenvalue weighted by atomic mass is 16.5. The Morgan fingerprint density at radius 2 is 1.38 bits per heavy atom. The van der Waals surface area contributed by atoms with Crippen molar-refractivity contribution in [3.8, 4) is 5.75 Å². The van der Waals surface area contributed by atoms with Gasteiger partial charge < -0.3 is 4.74 Å². The van der Waals surface area contributed by atoms with Crippen LogP contribution in [-0.4, -0.2) is 25.1 Å². The van der Waals surface area contributed by atoms with Crippen molar-refractivity contribution in [2.75, 3.05) is 20.2 Å². The largest absolute Gasteiger partial charge is 0.497 e. The molecular formula is C27H51NO. The van der Waals surface area contributed by atoms with E-state index >= 15 is 0 Å². The fraction of sp³-hybridized carbons (Fsp3) is 0.778. The third-order valence-corrected chi connectivity index (χ3v) is 5.43. The van der Waals surface area contributed by atoms with Crippen LogP contribution in [0.4, 0.5) is 0 Å². The molecule has 1 unspecified atom stereocenters. The zero-order valence-electron chi connectivity index (χ0n) is 20.6. The molecule has 2 heteroatoms. The van der Waals surface area contributed by atoms with Crippen LogP contribution in [0.3, 0.4) is 0 Å². The summed E-state index contributed by atoms with van der Waals surface area (Å²) in [4.78, 5) is 2.69. The molecule has 0 N–H and O–H groups in total. The van der Waals surface area contributed by atoms with Crippen LogP contribution in [0, 0.1) is 5.92 Å². The molecule has 0 aliphatic heterocycles. The van der Waals surface area contributed by atoms with E-state index in [9.17, 15) is 0 Å². The van der Waals surface area contributed by atoms with Gasteiger partial charge in [0, 0.05) is 13.1 Å². The molecule has 1 atom stereocenters. The summed E-state index contributed by atoms with van der Waals surface area (Å²) in [5.41, 5.74) is 1.40. The molecule has 0 aromatic heterocycles. The molecule has 0 bridgehead atoms. The highest BCUT2D eigenvalue weighted by molar-refractivity contribution is 5.27. The highest BCUT2D eigenvalue weighted by Gasteiger charge is 2.13. The van der Waals surface area contributed by atoms with Gasteiger partial charge >= 0.3 is 0 Å². The van der Waals surface area contributed by atoms with Crippen molar-refractivity contribution in [1.29, 1.82) is 0 Å². The molecule has 170 valence electrons. The predicted octanol–water partition coefficient (Wildman–Crippen LogP) is 8.49. The Kier molecular flexibility index (Phi) is 19.5. The van der Waals surface area contributed by atoms with Crippen LogP contribution < -0.4 is 4.74 Å². The van der Waals surface area contributed by atoms with Gasteiger partial charge in [-0.15, -0.1) is 0 Å². The molecule has 0 saturated carbocycles. The van der Waals surface area contributed by atoms with Gasteiger partial charge in [-0.1, -0.05) is 105 Å². The molecule has 29 heavy (non-hydrogen) atoms. The summed E-state index contributed by atoms with van der Waals surface area (Å²) in [6, 6.07) is 8.61. The predicted molar refractivity (Wildman–Crippen MR) is 131 cm³/mol. The van der Waals surface area contributed by atoms with Crippen LogP contribution in [0.2, 0.25) is 0 Å². The molecule has 0 fully saturated rings. The second-order valence-electron chi connectivity index (χ2n) is 8.47. The Labute approximate surface area is 183 Å². The Morgan fingerprint density at radius 3 is 1.90 bits per heavy atom. The van der Waals surface area contributed by atoms with Crippen LogP contribution >= 0.6 is 0 Å². The first kappa shape index (κ1) is 28.0. The normalized spacial score (nSPS) is 11.8. The van der Waals surface area contributed by atoms with E-state index < -0.39 is 0 Å². The molecule has 0 aliphatic carbocycles. The number of hydrogen-bond acceptors (Lipinski definition) is 2. The van der Waals surface area contributed by atoms with E-state index in [2.05, 4.69) is 63.8 Å². The van der Waals surface area contributed by atoms with Crippen LogP contribution in [0.15, 0.2) is 24.3 Å². The van der Waals surface area contributed by atoms with Gasteiger partial charge in [0.2, 0.25) is 0 Å². The molecule has 0 radical (unpaired) electrons. The maximum atomic E-state index is 5.29. The number of unbranched alkanes of at least 4 members (excludes halogenated alkanes) is 6. The van der Waals surface area contributed by atoms with Gasteiger partial charge in [0.15, 0.2) is 0 Å². The van der Waals surface area contributed by atoms with Gasteiger partial charge in [0.05, 0.1) is 7.11 Å². The SMILES string of the molecule is CCC.CCCCCCCCCN(Cc1ccc(OC)cc1)CC(CC)CCC. The lowest BCUT2D eigenvalue weighted by atomic mass is 9.99. The Balaban J connectivity index is 0.00000245. The Morgan fingerprint density at radius 1 is 0.793 bits per heavy atom. The maximum absolute atomic E-state index is 5.29. The summed E-state index contributed by atoms with van der Waals surface area (Å²) in [5, 5.41) is 0. The Bertz CT molecular complexity index is 442. The lowest BCUT2D eigenvalue weighted by molar-refractivity contribution is 0.208. The number of hydrogen-bond donors (Lipinski definition) is 0. The standard InChI is InChI=1S/C24H43NO.C3H8/c1-5-8-9-10-11-12-13-19-25(20-22(7-3)14-6-2)21-23-15-17-24(26-4)18-16-23;1-3-2/h15-18,22H,5-14,19-21H2,1-4H3;3H2,1-2H3. The maximum Gasteiger partial charge on any atom is 0.118 e. The molecule has 1 rings (SSSR count). The van der Waals surface area contributed by atoms with Crippen LogP contribution in [0.5, 0.6) is 5.75 Å². The molecule has 0 saturated heterocycles. The van der Waals surface area contributed by atoms with Crippen LogP contribution in [0.1, 0.15) is 111 Å². The average molecular weight is 406 g/mol. The summed E-state index contributed by atoms with van der Waals surface area (Å²) in [6.07, 6.45) is 14.9. The lowest BCUT2D eigenvalue weighted by Crippen LogP contribution is -2.30. The quantitative estimate of drug-likeness (QED) is 0.256. The van der Waals surface area contributed by atoms with Crippen molar-refractivity contribution in [1.82, 2.24) is 4.90 Å². The van der Waals surface area contributed by atoms with E-state index in [1.165, 1.54) is 89.3 Å². The van der Waals surface area contributed by atoms with E-state index in [0.717, 1.165) is 18.2 Å². The summed E-state index contributed by atoms with van der Waals surface area (Å²) in [6.45, 7) is 14.7. The number of rotatable bonds is 16. The summed E-state index contributed by atoms with van der Waals surface area (Å²) >= 11 is 0. The zero-order chi connectivity index (χ0) is 21.7. The lowest BCUT2D eigenvalue weighted by Gasteiger charge is -2.27. The third kappa shape index (κ3) is 15.5. The monoisotopic (exact) mass is 405 g/mol. The number of benzene rings is 1. The molecule has 1 aromatic carbocycles. The van der Waals surface area contributed by atoms with Gasteiger partial charge in [-0.3, -0.25) is 4.90 Å². The first-order valence-electron chi connectivity index (χ1n) is 12.5. The van der Waals surface area contributed by atoms with Gasteiger partial charge in [-0.2, -0.15) is 0 Å². The molecule has 2 nitrogen and oxygen atoms in total. The molecule has 0 amide bonds. The topological polar surface area (TPSA) is 12.5 Å². The van der Waals surface area contributed by atoms with E-state index in [-0.39, 0.29) is 0 Å². The van der Waals surface area contributed by atoms with Gasteiger partial charge in [0.25, 0.3) is 0 Å². The minimum absolute atomic E-state index is 0.836. The average Bonchev–Trinajstić information content (AvgIpc) is 2.73. The summed E-state index contributed by atoms with van der Waals surface area (Å²) in [5.74, 6) is 1.78. The summed E-state index contributed by atoms with van der Waals surface area (Å²) in [7, 11) is 1.73. The summed E-state index contributed by atoms with van der Waals surface area (Å²) < 4.78 is 5.29. The van der Waals surface area contributed by atoms with Crippen molar-refractivity contribution in [2.24, 2.45) is 5.92 Å².